The number of benzene rings is 2. The molecule has 0 aliphatic heterocycles. The summed E-state index contributed by atoms with van der Waals surface area (Å²) in [6, 6.07) is 12.2. The molecule has 1 N–H and O–H groups in total. The van der Waals surface area contributed by atoms with Crippen molar-refractivity contribution in [3.05, 3.63) is 59.4 Å². The number of aryl methyl sites for hydroxylation is 2. The summed E-state index contributed by atoms with van der Waals surface area (Å²) in [5.41, 5.74) is 2.46. The highest BCUT2D eigenvalue weighted by atomic mass is 32.2. The van der Waals surface area contributed by atoms with Crippen LogP contribution >= 0.6 is 11.8 Å². The van der Waals surface area contributed by atoms with Crippen molar-refractivity contribution in [2.45, 2.75) is 26.0 Å². The highest BCUT2D eigenvalue weighted by Crippen LogP contribution is 2.20. The number of hydrogen-bond donors (Lipinski definition) is 1. The largest absolute Gasteiger partial charge is 0.492 e. The molecule has 2 aromatic carbocycles. The van der Waals surface area contributed by atoms with Crippen molar-refractivity contribution in [2.75, 3.05) is 17.7 Å². The second-order valence-electron chi connectivity index (χ2n) is 5.60. The van der Waals surface area contributed by atoms with Gasteiger partial charge in [-0.1, -0.05) is 24.3 Å². The standard InChI is InChI=1S/C19H22FNO2S/c1-13-8-9-14(2)18(12-13)23-10-11-24-15(3)19(22)21-17-7-5-4-6-16(17)20/h4-9,12,15H,10-11H2,1-3H3,(H,21,22). The highest BCUT2D eigenvalue weighted by Gasteiger charge is 2.15. The Morgan fingerprint density at radius 3 is 2.75 bits per heavy atom. The van der Waals surface area contributed by atoms with Crippen molar-refractivity contribution in [2.24, 2.45) is 0 Å². The molecule has 0 radical (unpaired) electrons. The Balaban J connectivity index is 1.76. The Kier molecular flexibility index (Phi) is 6.67. The van der Waals surface area contributed by atoms with E-state index < -0.39 is 5.82 Å². The number of anilines is 1. The van der Waals surface area contributed by atoms with E-state index in [1.165, 1.54) is 17.8 Å². The normalized spacial score (nSPS) is 11.8. The predicted molar refractivity (Wildman–Crippen MR) is 98.4 cm³/mol. The molecule has 24 heavy (non-hydrogen) atoms. The lowest BCUT2D eigenvalue weighted by molar-refractivity contribution is -0.115. The molecule has 1 unspecified atom stereocenters. The Morgan fingerprint density at radius 1 is 1.25 bits per heavy atom. The van der Waals surface area contributed by atoms with Gasteiger partial charge in [0, 0.05) is 5.75 Å². The van der Waals surface area contributed by atoms with E-state index in [1.54, 1.807) is 25.1 Å². The molecule has 0 aliphatic rings. The van der Waals surface area contributed by atoms with Gasteiger partial charge in [0.15, 0.2) is 0 Å². The molecule has 3 nitrogen and oxygen atoms in total. The maximum Gasteiger partial charge on any atom is 0.237 e. The number of amides is 1. The van der Waals surface area contributed by atoms with Crippen LogP contribution in [0.4, 0.5) is 10.1 Å². The molecule has 0 aromatic heterocycles. The Morgan fingerprint density at radius 2 is 2.00 bits per heavy atom. The van der Waals surface area contributed by atoms with Gasteiger partial charge in [-0.3, -0.25) is 4.79 Å². The minimum atomic E-state index is -0.429. The van der Waals surface area contributed by atoms with Gasteiger partial charge in [-0.25, -0.2) is 4.39 Å². The average molecular weight is 347 g/mol. The molecule has 0 spiro atoms. The van der Waals surface area contributed by atoms with Crippen LogP contribution in [0.2, 0.25) is 0 Å². The molecule has 0 bridgehead atoms. The zero-order valence-corrected chi connectivity index (χ0v) is 15.0. The zero-order chi connectivity index (χ0) is 17.5. The van der Waals surface area contributed by atoms with Gasteiger partial charge in [0.25, 0.3) is 0 Å². The number of rotatable bonds is 7. The number of carbonyl (C=O) groups excluding carboxylic acids is 1. The molecule has 2 aromatic rings. The van der Waals surface area contributed by atoms with E-state index in [0.717, 1.165) is 16.9 Å². The third-order valence-electron chi connectivity index (χ3n) is 3.55. The lowest BCUT2D eigenvalue weighted by Gasteiger charge is -2.13. The third kappa shape index (κ3) is 5.27. The zero-order valence-electron chi connectivity index (χ0n) is 14.1. The minimum Gasteiger partial charge on any atom is -0.492 e. The fourth-order valence-corrected chi connectivity index (χ4v) is 2.86. The van der Waals surface area contributed by atoms with Crippen LogP contribution in [0, 0.1) is 19.7 Å². The Bertz CT molecular complexity index is 706. The van der Waals surface area contributed by atoms with E-state index in [0.29, 0.717) is 12.4 Å². The molecule has 1 atom stereocenters. The number of nitrogens with one attached hydrogen (secondary N) is 1. The maximum atomic E-state index is 13.5. The monoisotopic (exact) mass is 347 g/mol. The van der Waals surface area contributed by atoms with Gasteiger partial charge in [0.2, 0.25) is 5.91 Å². The van der Waals surface area contributed by atoms with Crippen LogP contribution in [0.5, 0.6) is 5.75 Å². The molecule has 1 amide bonds. The number of ether oxygens (including phenoxy) is 1. The van der Waals surface area contributed by atoms with E-state index >= 15 is 0 Å². The summed E-state index contributed by atoms with van der Waals surface area (Å²) in [6.45, 7) is 6.35. The van der Waals surface area contributed by atoms with Gasteiger partial charge in [0.1, 0.15) is 11.6 Å². The number of para-hydroxylation sites is 1. The lowest BCUT2D eigenvalue weighted by Crippen LogP contribution is -2.24. The molecular formula is C19H22FNO2S. The first kappa shape index (κ1) is 18.3. The molecular weight excluding hydrogens is 325 g/mol. The maximum absolute atomic E-state index is 13.5. The van der Waals surface area contributed by atoms with Crippen LogP contribution in [0.25, 0.3) is 0 Å². The molecule has 2 rings (SSSR count). The first-order valence-corrected chi connectivity index (χ1v) is 8.89. The van der Waals surface area contributed by atoms with E-state index in [1.807, 2.05) is 32.0 Å². The van der Waals surface area contributed by atoms with Crippen molar-refractivity contribution < 1.29 is 13.9 Å². The number of hydrogen-bond acceptors (Lipinski definition) is 3. The van der Waals surface area contributed by atoms with Crippen molar-refractivity contribution in [1.82, 2.24) is 0 Å². The fraction of sp³-hybridized carbons (Fsp3) is 0.316. The van der Waals surface area contributed by atoms with E-state index in [-0.39, 0.29) is 16.8 Å². The van der Waals surface area contributed by atoms with Gasteiger partial charge in [-0.15, -0.1) is 11.8 Å². The smallest absolute Gasteiger partial charge is 0.237 e. The van der Waals surface area contributed by atoms with Crippen LogP contribution in [0.3, 0.4) is 0 Å². The van der Waals surface area contributed by atoms with E-state index in [4.69, 9.17) is 4.74 Å². The minimum absolute atomic E-state index is 0.210. The van der Waals surface area contributed by atoms with Crippen molar-refractivity contribution in [1.29, 1.82) is 0 Å². The van der Waals surface area contributed by atoms with Crippen LogP contribution in [-0.4, -0.2) is 23.5 Å². The topological polar surface area (TPSA) is 38.3 Å². The van der Waals surface area contributed by atoms with Crippen molar-refractivity contribution in [3.8, 4) is 5.75 Å². The molecule has 0 aliphatic carbocycles. The van der Waals surface area contributed by atoms with Gasteiger partial charge < -0.3 is 10.1 Å². The summed E-state index contributed by atoms with van der Waals surface area (Å²) in [4.78, 5) is 12.1. The van der Waals surface area contributed by atoms with Crippen LogP contribution in [0.15, 0.2) is 42.5 Å². The SMILES string of the molecule is Cc1ccc(C)c(OCCSC(C)C(=O)Nc2ccccc2F)c1. The molecule has 5 heteroatoms. The van der Waals surface area contributed by atoms with Crippen LogP contribution in [-0.2, 0) is 4.79 Å². The van der Waals surface area contributed by atoms with Crippen molar-refractivity contribution in [3.63, 3.8) is 0 Å². The molecule has 128 valence electrons. The lowest BCUT2D eigenvalue weighted by atomic mass is 10.1. The van der Waals surface area contributed by atoms with Gasteiger partial charge in [-0.05, 0) is 50.1 Å². The molecule has 0 saturated carbocycles. The highest BCUT2D eigenvalue weighted by molar-refractivity contribution is 8.00. The van der Waals surface area contributed by atoms with Gasteiger partial charge >= 0.3 is 0 Å². The number of halogens is 1. The van der Waals surface area contributed by atoms with E-state index in [9.17, 15) is 9.18 Å². The van der Waals surface area contributed by atoms with Gasteiger partial charge in [0.05, 0.1) is 17.5 Å². The predicted octanol–water partition coefficient (Wildman–Crippen LogP) is 4.58. The van der Waals surface area contributed by atoms with Crippen LogP contribution in [0.1, 0.15) is 18.1 Å². The second-order valence-corrected chi connectivity index (χ2v) is 7.05. The molecule has 0 saturated heterocycles. The first-order valence-electron chi connectivity index (χ1n) is 7.84. The number of thioether (sulfide) groups is 1. The summed E-state index contributed by atoms with van der Waals surface area (Å²) in [6.07, 6.45) is 0. The summed E-state index contributed by atoms with van der Waals surface area (Å²) >= 11 is 1.48. The summed E-state index contributed by atoms with van der Waals surface area (Å²) in [7, 11) is 0. The quantitative estimate of drug-likeness (QED) is 0.745. The fourth-order valence-electron chi connectivity index (χ4n) is 2.11. The van der Waals surface area contributed by atoms with Gasteiger partial charge in [-0.2, -0.15) is 0 Å². The van der Waals surface area contributed by atoms with E-state index in [2.05, 4.69) is 5.32 Å². The molecule has 0 heterocycles. The first-order chi connectivity index (χ1) is 11.5. The Hall–Kier alpha value is -2.01. The van der Waals surface area contributed by atoms with Crippen molar-refractivity contribution >= 4 is 23.4 Å². The van der Waals surface area contributed by atoms with Crippen LogP contribution < -0.4 is 10.1 Å². The number of carbonyl (C=O) groups is 1. The second kappa shape index (κ2) is 8.73. The summed E-state index contributed by atoms with van der Waals surface area (Å²) in [5.74, 6) is 0.913. The Labute approximate surface area is 146 Å². The molecule has 0 fully saturated rings. The average Bonchev–Trinajstić information content (AvgIpc) is 2.56. The summed E-state index contributed by atoms with van der Waals surface area (Å²) in [5, 5.41) is 2.32. The summed E-state index contributed by atoms with van der Waals surface area (Å²) < 4.78 is 19.3. The third-order valence-corrected chi connectivity index (χ3v) is 4.67.